The molecule has 0 aliphatic heterocycles. The molecule has 2 heteroatoms. The van der Waals surface area contributed by atoms with E-state index in [1.165, 1.54) is 0 Å². The summed E-state index contributed by atoms with van der Waals surface area (Å²) in [5.74, 6) is 1.26. The Balaban J connectivity index is 3.35. The second-order valence-corrected chi connectivity index (χ2v) is 3.73. The zero-order valence-electron chi connectivity index (χ0n) is 9.13. The summed E-state index contributed by atoms with van der Waals surface area (Å²) in [6.07, 6.45) is 0.873. The van der Waals surface area contributed by atoms with Crippen LogP contribution in [-0.2, 0) is 0 Å². The molecule has 0 bridgehead atoms. The summed E-state index contributed by atoms with van der Waals surface area (Å²) < 4.78 is 5.32. The monoisotopic (exact) mass is 192 g/mol. The summed E-state index contributed by atoms with van der Waals surface area (Å²) in [5, 5.41) is 0. The van der Waals surface area contributed by atoms with E-state index in [0.717, 1.165) is 23.2 Å². The molecule has 1 aromatic rings. The molecular weight excluding hydrogens is 176 g/mol. The molecule has 0 atom stereocenters. The molecule has 1 rings (SSSR count). The fourth-order valence-electron chi connectivity index (χ4n) is 1.61. The van der Waals surface area contributed by atoms with Crippen LogP contribution in [0, 0.1) is 6.92 Å². The zero-order valence-corrected chi connectivity index (χ0v) is 9.13. The lowest BCUT2D eigenvalue weighted by Gasteiger charge is -2.14. The molecule has 0 saturated carbocycles. The first-order valence-corrected chi connectivity index (χ1v) is 4.73. The molecule has 0 aliphatic carbocycles. The van der Waals surface area contributed by atoms with Crippen molar-refractivity contribution in [1.29, 1.82) is 0 Å². The molecule has 0 amide bonds. The van der Waals surface area contributed by atoms with E-state index in [2.05, 4.69) is 13.8 Å². The highest BCUT2D eigenvalue weighted by Crippen LogP contribution is 2.30. The minimum Gasteiger partial charge on any atom is -0.496 e. The van der Waals surface area contributed by atoms with Gasteiger partial charge in [-0.05, 0) is 36.1 Å². The number of methoxy groups -OCH3 is 1. The molecule has 0 fully saturated rings. The molecule has 0 radical (unpaired) electrons. The summed E-state index contributed by atoms with van der Waals surface area (Å²) >= 11 is 0. The van der Waals surface area contributed by atoms with Gasteiger partial charge in [0.2, 0.25) is 0 Å². The molecule has 0 spiro atoms. The van der Waals surface area contributed by atoms with E-state index in [9.17, 15) is 4.79 Å². The number of rotatable bonds is 3. The van der Waals surface area contributed by atoms with E-state index in [0.29, 0.717) is 11.5 Å². The maximum Gasteiger partial charge on any atom is 0.150 e. The Bertz CT molecular complexity index is 340. The highest BCUT2D eigenvalue weighted by atomic mass is 16.5. The minimum absolute atomic E-state index is 0.364. The van der Waals surface area contributed by atoms with Crippen molar-refractivity contribution in [3.05, 3.63) is 28.8 Å². The molecular formula is C12H16O2. The van der Waals surface area contributed by atoms with Crippen molar-refractivity contribution in [2.45, 2.75) is 26.7 Å². The lowest BCUT2D eigenvalue weighted by atomic mass is 9.97. The second kappa shape index (κ2) is 4.27. The van der Waals surface area contributed by atoms with Crippen molar-refractivity contribution < 1.29 is 9.53 Å². The molecule has 1 aromatic carbocycles. The second-order valence-electron chi connectivity index (χ2n) is 3.73. The van der Waals surface area contributed by atoms with Crippen LogP contribution >= 0.6 is 0 Å². The van der Waals surface area contributed by atoms with E-state index in [4.69, 9.17) is 4.74 Å². The van der Waals surface area contributed by atoms with Crippen molar-refractivity contribution in [1.82, 2.24) is 0 Å². The molecule has 0 aliphatic rings. The lowest BCUT2D eigenvalue weighted by Crippen LogP contribution is -1.98. The van der Waals surface area contributed by atoms with Gasteiger partial charge < -0.3 is 4.74 Å². The highest BCUT2D eigenvalue weighted by molar-refractivity contribution is 5.76. The standard InChI is InChI=1S/C12H16O2/c1-8(2)11-6-10(7-13)5-9(3)12(11)14-4/h5-8H,1-4H3. The van der Waals surface area contributed by atoms with Crippen molar-refractivity contribution in [3.8, 4) is 5.75 Å². The average molecular weight is 192 g/mol. The maximum absolute atomic E-state index is 10.7. The van der Waals surface area contributed by atoms with Crippen molar-refractivity contribution in [3.63, 3.8) is 0 Å². The predicted octanol–water partition coefficient (Wildman–Crippen LogP) is 2.94. The normalized spacial score (nSPS) is 10.4. The molecule has 0 aromatic heterocycles. The summed E-state index contributed by atoms with van der Waals surface area (Å²) in [7, 11) is 1.66. The third-order valence-corrected chi connectivity index (χ3v) is 2.29. The number of ether oxygens (including phenoxy) is 1. The summed E-state index contributed by atoms with van der Waals surface area (Å²) in [6.45, 7) is 6.13. The Morgan fingerprint density at radius 2 is 2.00 bits per heavy atom. The van der Waals surface area contributed by atoms with Crippen LogP contribution in [0.2, 0.25) is 0 Å². The Kier molecular flexibility index (Phi) is 3.28. The smallest absolute Gasteiger partial charge is 0.150 e. The molecule has 0 N–H and O–H groups in total. The number of aldehydes is 1. The zero-order chi connectivity index (χ0) is 10.7. The van der Waals surface area contributed by atoms with Crippen LogP contribution in [0.25, 0.3) is 0 Å². The van der Waals surface area contributed by atoms with Crippen LogP contribution in [0.4, 0.5) is 0 Å². The quantitative estimate of drug-likeness (QED) is 0.688. The van der Waals surface area contributed by atoms with E-state index in [1.807, 2.05) is 19.1 Å². The van der Waals surface area contributed by atoms with E-state index < -0.39 is 0 Å². The Hall–Kier alpha value is -1.31. The Morgan fingerprint density at radius 3 is 2.43 bits per heavy atom. The molecule has 76 valence electrons. The maximum atomic E-state index is 10.7. The third kappa shape index (κ3) is 1.95. The van der Waals surface area contributed by atoms with Crippen LogP contribution in [0.1, 0.15) is 41.3 Å². The highest BCUT2D eigenvalue weighted by Gasteiger charge is 2.11. The van der Waals surface area contributed by atoms with Crippen molar-refractivity contribution in [2.75, 3.05) is 7.11 Å². The minimum atomic E-state index is 0.364. The van der Waals surface area contributed by atoms with Gasteiger partial charge >= 0.3 is 0 Å². The molecule has 14 heavy (non-hydrogen) atoms. The van der Waals surface area contributed by atoms with Gasteiger partial charge in [0.1, 0.15) is 12.0 Å². The van der Waals surface area contributed by atoms with Gasteiger partial charge in [0.05, 0.1) is 7.11 Å². The lowest BCUT2D eigenvalue weighted by molar-refractivity contribution is 0.112. The van der Waals surface area contributed by atoms with Crippen LogP contribution in [0.15, 0.2) is 12.1 Å². The fraction of sp³-hybridized carbons (Fsp3) is 0.417. The van der Waals surface area contributed by atoms with Gasteiger partial charge in [-0.25, -0.2) is 0 Å². The van der Waals surface area contributed by atoms with Crippen LogP contribution in [0.3, 0.4) is 0 Å². The molecule has 0 saturated heterocycles. The topological polar surface area (TPSA) is 26.3 Å². The van der Waals surface area contributed by atoms with Crippen LogP contribution < -0.4 is 4.74 Å². The number of aryl methyl sites for hydroxylation is 1. The molecule has 2 nitrogen and oxygen atoms in total. The van der Waals surface area contributed by atoms with Gasteiger partial charge in [-0.2, -0.15) is 0 Å². The predicted molar refractivity (Wildman–Crippen MR) is 57.2 cm³/mol. The summed E-state index contributed by atoms with van der Waals surface area (Å²) in [4.78, 5) is 10.7. The summed E-state index contributed by atoms with van der Waals surface area (Å²) in [6, 6.07) is 3.74. The Labute approximate surface area is 84.9 Å². The third-order valence-electron chi connectivity index (χ3n) is 2.29. The number of benzene rings is 1. The van der Waals surface area contributed by atoms with E-state index in [-0.39, 0.29) is 0 Å². The molecule has 0 heterocycles. The van der Waals surface area contributed by atoms with Crippen LogP contribution in [0.5, 0.6) is 5.75 Å². The number of hydrogen-bond acceptors (Lipinski definition) is 2. The van der Waals surface area contributed by atoms with Gasteiger partial charge in [0.15, 0.2) is 0 Å². The first-order valence-electron chi connectivity index (χ1n) is 4.73. The van der Waals surface area contributed by atoms with Crippen molar-refractivity contribution in [2.24, 2.45) is 0 Å². The number of carbonyl (C=O) groups excluding carboxylic acids is 1. The Morgan fingerprint density at radius 1 is 1.36 bits per heavy atom. The van der Waals surface area contributed by atoms with Gasteiger partial charge in [-0.1, -0.05) is 13.8 Å². The number of carbonyl (C=O) groups is 1. The van der Waals surface area contributed by atoms with E-state index in [1.54, 1.807) is 7.11 Å². The first kappa shape index (κ1) is 10.8. The molecule has 0 unspecified atom stereocenters. The number of hydrogen-bond donors (Lipinski definition) is 0. The van der Waals surface area contributed by atoms with Crippen molar-refractivity contribution >= 4 is 6.29 Å². The fourth-order valence-corrected chi connectivity index (χ4v) is 1.61. The van der Waals surface area contributed by atoms with Gasteiger partial charge in [0.25, 0.3) is 0 Å². The largest absolute Gasteiger partial charge is 0.496 e. The van der Waals surface area contributed by atoms with Gasteiger partial charge in [0, 0.05) is 5.56 Å². The SMILES string of the molecule is COc1c(C)cc(C=O)cc1C(C)C. The van der Waals surface area contributed by atoms with Gasteiger partial charge in [-0.15, -0.1) is 0 Å². The van der Waals surface area contributed by atoms with Crippen LogP contribution in [-0.4, -0.2) is 13.4 Å². The first-order chi connectivity index (χ1) is 6.60. The van der Waals surface area contributed by atoms with Gasteiger partial charge in [-0.3, -0.25) is 4.79 Å². The van der Waals surface area contributed by atoms with E-state index >= 15 is 0 Å². The average Bonchev–Trinajstić information content (AvgIpc) is 2.16. The summed E-state index contributed by atoms with van der Waals surface area (Å²) in [5.41, 5.74) is 2.82.